The molecule has 1 aromatic heterocycles. The number of carbonyl (C=O) groups is 1. The molecule has 0 aliphatic heterocycles. The number of anilines is 1. The van der Waals surface area contributed by atoms with Crippen LogP contribution in [0.15, 0.2) is 101 Å². The second-order valence-electron chi connectivity index (χ2n) is 6.31. The van der Waals surface area contributed by atoms with Gasteiger partial charge in [0.25, 0.3) is 5.91 Å². The van der Waals surface area contributed by atoms with E-state index in [2.05, 4.69) is 10.4 Å². The topological polar surface area (TPSA) is 56.2 Å². The highest BCUT2D eigenvalue weighted by atomic mass is 35.5. The van der Waals surface area contributed by atoms with E-state index in [0.29, 0.717) is 16.5 Å². The van der Waals surface area contributed by atoms with Crippen LogP contribution in [0.1, 0.15) is 10.5 Å². The van der Waals surface area contributed by atoms with Crippen LogP contribution in [-0.4, -0.2) is 15.7 Å². The average molecular weight is 436 g/mol. The van der Waals surface area contributed by atoms with Crippen molar-refractivity contribution in [3.8, 4) is 5.75 Å². The predicted molar refractivity (Wildman–Crippen MR) is 119 cm³/mol. The molecule has 0 unspecified atom stereocenters. The van der Waals surface area contributed by atoms with E-state index in [1.807, 2.05) is 54.6 Å². The zero-order chi connectivity index (χ0) is 20.8. The number of rotatable bonds is 7. The smallest absolute Gasteiger partial charge is 0.274 e. The van der Waals surface area contributed by atoms with Gasteiger partial charge in [-0.1, -0.05) is 53.7 Å². The summed E-state index contributed by atoms with van der Waals surface area (Å²) in [5.41, 5.74) is 1.14. The fourth-order valence-corrected chi connectivity index (χ4v) is 3.80. The standard InChI is InChI=1S/C23H18ClN3O2S/c24-17-10-12-18(13-11-17)29-16-27-21(14-15-25-27)23(28)26-20-8-4-5-9-22(20)30-19-6-2-1-3-7-19/h1-15H,16H2,(H,26,28). The van der Waals surface area contributed by atoms with Gasteiger partial charge in [0.15, 0.2) is 6.73 Å². The first-order valence-corrected chi connectivity index (χ1v) is 10.4. The van der Waals surface area contributed by atoms with Crippen LogP contribution in [0.5, 0.6) is 5.75 Å². The van der Waals surface area contributed by atoms with Crippen LogP contribution >= 0.6 is 23.4 Å². The molecule has 1 amide bonds. The second-order valence-corrected chi connectivity index (χ2v) is 7.86. The fraction of sp³-hybridized carbons (Fsp3) is 0.0435. The number of amides is 1. The highest BCUT2D eigenvalue weighted by Gasteiger charge is 2.15. The molecule has 1 N–H and O–H groups in total. The summed E-state index contributed by atoms with van der Waals surface area (Å²) in [7, 11) is 0. The number of para-hydroxylation sites is 1. The number of hydrogen-bond acceptors (Lipinski definition) is 4. The molecule has 0 atom stereocenters. The van der Waals surface area contributed by atoms with Crippen LogP contribution in [0.4, 0.5) is 5.69 Å². The van der Waals surface area contributed by atoms with Gasteiger partial charge in [-0.3, -0.25) is 4.79 Å². The molecule has 0 saturated carbocycles. The fourth-order valence-electron chi connectivity index (χ4n) is 2.76. The lowest BCUT2D eigenvalue weighted by atomic mass is 10.3. The Morgan fingerprint density at radius 1 is 0.967 bits per heavy atom. The predicted octanol–water partition coefficient (Wildman–Crippen LogP) is 5.98. The normalized spacial score (nSPS) is 10.6. The summed E-state index contributed by atoms with van der Waals surface area (Å²) in [6.07, 6.45) is 1.57. The van der Waals surface area contributed by atoms with Gasteiger partial charge in [0.1, 0.15) is 11.4 Å². The van der Waals surface area contributed by atoms with Gasteiger partial charge < -0.3 is 10.1 Å². The van der Waals surface area contributed by atoms with Gasteiger partial charge in [-0.05, 0) is 54.6 Å². The van der Waals surface area contributed by atoms with Gasteiger partial charge in [0.2, 0.25) is 0 Å². The van der Waals surface area contributed by atoms with Crippen LogP contribution in [-0.2, 0) is 6.73 Å². The van der Waals surface area contributed by atoms with Crippen molar-refractivity contribution in [1.29, 1.82) is 0 Å². The van der Waals surface area contributed by atoms with E-state index in [1.54, 1.807) is 48.3 Å². The lowest BCUT2D eigenvalue weighted by molar-refractivity contribution is 0.100. The van der Waals surface area contributed by atoms with Crippen molar-refractivity contribution in [3.05, 3.63) is 102 Å². The molecule has 0 spiro atoms. The average Bonchev–Trinajstić information content (AvgIpc) is 3.24. The van der Waals surface area contributed by atoms with Gasteiger partial charge in [-0.15, -0.1) is 0 Å². The highest BCUT2D eigenvalue weighted by Crippen LogP contribution is 2.33. The van der Waals surface area contributed by atoms with E-state index in [1.165, 1.54) is 4.68 Å². The van der Waals surface area contributed by atoms with E-state index in [9.17, 15) is 4.79 Å². The van der Waals surface area contributed by atoms with E-state index < -0.39 is 0 Å². The molecule has 0 aliphatic rings. The third-order valence-electron chi connectivity index (χ3n) is 4.22. The second kappa shape index (κ2) is 9.52. The Morgan fingerprint density at radius 3 is 2.50 bits per heavy atom. The molecule has 0 bridgehead atoms. The summed E-state index contributed by atoms with van der Waals surface area (Å²) in [5.74, 6) is 0.388. The van der Waals surface area contributed by atoms with Gasteiger partial charge in [-0.2, -0.15) is 5.10 Å². The first kappa shape index (κ1) is 20.1. The third kappa shape index (κ3) is 5.03. The Kier molecular flexibility index (Phi) is 6.37. The molecular formula is C23H18ClN3O2S. The maximum absolute atomic E-state index is 12.9. The molecule has 30 heavy (non-hydrogen) atoms. The molecular weight excluding hydrogens is 418 g/mol. The van der Waals surface area contributed by atoms with E-state index in [4.69, 9.17) is 16.3 Å². The first-order chi connectivity index (χ1) is 14.7. The summed E-state index contributed by atoms with van der Waals surface area (Å²) in [6.45, 7) is 0.109. The van der Waals surface area contributed by atoms with Crippen LogP contribution in [0.25, 0.3) is 0 Å². The molecule has 4 rings (SSSR count). The molecule has 0 fully saturated rings. The molecule has 1 heterocycles. The Morgan fingerprint density at radius 2 is 1.70 bits per heavy atom. The van der Waals surface area contributed by atoms with Crippen molar-refractivity contribution < 1.29 is 9.53 Å². The highest BCUT2D eigenvalue weighted by molar-refractivity contribution is 7.99. The number of hydrogen-bond donors (Lipinski definition) is 1. The minimum absolute atomic E-state index is 0.109. The molecule has 7 heteroatoms. The van der Waals surface area contributed by atoms with Gasteiger partial charge >= 0.3 is 0 Å². The van der Waals surface area contributed by atoms with Crippen LogP contribution in [0.2, 0.25) is 5.02 Å². The summed E-state index contributed by atoms with van der Waals surface area (Å²) >= 11 is 7.48. The SMILES string of the molecule is O=C(Nc1ccccc1Sc1ccccc1)c1ccnn1COc1ccc(Cl)cc1. The number of ether oxygens (including phenoxy) is 1. The van der Waals surface area contributed by atoms with Crippen LogP contribution < -0.4 is 10.1 Å². The number of nitrogens with one attached hydrogen (secondary N) is 1. The number of carbonyl (C=O) groups excluding carboxylic acids is 1. The van der Waals surface area contributed by atoms with E-state index in [0.717, 1.165) is 15.5 Å². The Balaban J connectivity index is 1.46. The van der Waals surface area contributed by atoms with Gasteiger partial charge in [0.05, 0.1) is 5.69 Å². The van der Waals surface area contributed by atoms with Crippen molar-refractivity contribution in [2.75, 3.05) is 5.32 Å². The molecule has 3 aromatic carbocycles. The summed E-state index contributed by atoms with van der Waals surface area (Å²) in [4.78, 5) is 15.0. The Hall–Kier alpha value is -3.22. The molecule has 4 aromatic rings. The largest absolute Gasteiger partial charge is 0.471 e. The number of nitrogens with zero attached hydrogens (tertiary/aromatic N) is 2. The first-order valence-electron chi connectivity index (χ1n) is 9.22. The number of halogens is 1. The molecule has 0 saturated heterocycles. The van der Waals surface area contributed by atoms with Crippen molar-refractivity contribution >= 4 is 35.0 Å². The lowest BCUT2D eigenvalue weighted by Crippen LogP contribution is -2.20. The maximum Gasteiger partial charge on any atom is 0.274 e. The minimum Gasteiger partial charge on any atom is -0.471 e. The quantitative estimate of drug-likeness (QED) is 0.388. The van der Waals surface area contributed by atoms with Gasteiger partial charge in [-0.25, -0.2) is 4.68 Å². The number of aromatic nitrogens is 2. The van der Waals surface area contributed by atoms with Crippen molar-refractivity contribution in [2.45, 2.75) is 16.5 Å². The van der Waals surface area contributed by atoms with Crippen molar-refractivity contribution in [3.63, 3.8) is 0 Å². The molecule has 0 radical (unpaired) electrons. The van der Waals surface area contributed by atoms with Crippen LogP contribution in [0.3, 0.4) is 0 Å². The monoisotopic (exact) mass is 435 g/mol. The van der Waals surface area contributed by atoms with Crippen LogP contribution in [0, 0.1) is 0 Å². The summed E-state index contributed by atoms with van der Waals surface area (Å²) in [6, 6.07) is 26.4. The molecule has 5 nitrogen and oxygen atoms in total. The minimum atomic E-state index is -0.256. The Labute approximate surface area is 183 Å². The lowest BCUT2D eigenvalue weighted by Gasteiger charge is -2.12. The molecule has 0 aliphatic carbocycles. The maximum atomic E-state index is 12.9. The zero-order valence-electron chi connectivity index (χ0n) is 15.9. The zero-order valence-corrected chi connectivity index (χ0v) is 17.4. The van der Waals surface area contributed by atoms with Crippen molar-refractivity contribution in [2.24, 2.45) is 0 Å². The Bertz CT molecular complexity index is 1130. The van der Waals surface area contributed by atoms with Gasteiger partial charge in [0, 0.05) is 21.0 Å². The number of benzene rings is 3. The summed E-state index contributed by atoms with van der Waals surface area (Å²) < 4.78 is 7.22. The summed E-state index contributed by atoms with van der Waals surface area (Å²) in [5, 5.41) is 7.82. The molecule has 150 valence electrons. The third-order valence-corrected chi connectivity index (χ3v) is 5.56. The van der Waals surface area contributed by atoms with E-state index >= 15 is 0 Å². The van der Waals surface area contributed by atoms with E-state index in [-0.39, 0.29) is 12.6 Å². The van der Waals surface area contributed by atoms with Crippen molar-refractivity contribution in [1.82, 2.24) is 9.78 Å².